The summed E-state index contributed by atoms with van der Waals surface area (Å²) in [4.78, 5) is 30.9. The highest BCUT2D eigenvalue weighted by Crippen LogP contribution is 2.36. The fourth-order valence-corrected chi connectivity index (χ4v) is 4.54. The zero-order valence-corrected chi connectivity index (χ0v) is 16.2. The summed E-state index contributed by atoms with van der Waals surface area (Å²) >= 11 is 1.54. The number of rotatable bonds is 2. The largest absolute Gasteiger partial charge is 0.312 e. The summed E-state index contributed by atoms with van der Waals surface area (Å²) in [5, 5.41) is 2.04. The third-order valence-corrected chi connectivity index (χ3v) is 5.70. The molecule has 6 heteroatoms. The van der Waals surface area contributed by atoms with Gasteiger partial charge >= 0.3 is 0 Å². The van der Waals surface area contributed by atoms with Crippen molar-refractivity contribution in [2.45, 2.75) is 39.5 Å². The number of imidazole rings is 1. The van der Waals surface area contributed by atoms with Crippen LogP contribution in [0.3, 0.4) is 0 Å². The molecule has 0 spiro atoms. The van der Waals surface area contributed by atoms with Gasteiger partial charge in [0.25, 0.3) is 0 Å². The predicted molar refractivity (Wildman–Crippen MR) is 104 cm³/mol. The highest BCUT2D eigenvalue weighted by Gasteiger charge is 2.27. The Kier molecular flexibility index (Phi) is 3.77. The maximum atomic E-state index is 11.8. The molecule has 0 unspecified atom stereocenters. The highest BCUT2D eigenvalue weighted by atomic mass is 32.1. The van der Waals surface area contributed by atoms with Crippen molar-refractivity contribution in [3.05, 3.63) is 40.5 Å². The number of aromatic nitrogens is 2. The molecule has 0 radical (unpaired) electrons. The van der Waals surface area contributed by atoms with Crippen LogP contribution in [0.2, 0.25) is 0 Å². The molecule has 0 N–H and O–H groups in total. The Bertz CT molecular complexity index is 1040. The molecule has 0 bridgehead atoms. The SMILES string of the molecule is CC(=O)N1CCc2cc(-c3csc4nc(C(C)(C)C)c(C=O)n34)ccc21. The molecule has 1 aliphatic rings. The number of hydrogen-bond donors (Lipinski definition) is 0. The first-order chi connectivity index (χ1) is 12.3. The van der Waals surface area contributed by atoms with E-state index in [-0.39, 0.29) is 11.3 Å². The van der Waals surface area contributed by atoms with E-state index in [1.165, 1.54) is 5.56 Å². The molecule has 26 heavy (non-hydrogen) atoms. The topological polar surface area (TPSA) is 54.7 Å². The number of nitrogens with zero attached hydrogens (tertiary/aromatic N) is 3. The van der Waals surface area contributed by atoms with Crippen molar-refractivity contribution in [1.82, 2.24) is 9.38 Å². The van der Waals surface area contributed by atoms with Gasteiger partial charge in [-0.25, -0.2) is 4.98 Å². The Morgan fingerprint density at radius 1 is 1.31 bits per heavy atom. The molecule has 4 rings (SSSR count). The molecule has 0 atom stereocenters. The van der Waals surface area contributed by atoms with E-state index in [1.807, 2.05) is 26.8 Å². The lowest BCUT2D eigenvalue weighted by Gasteiger charge is -2.16. The van der Waals surface area contributed by atoms with E-state index in [0.29, 0.717) is 5.69 Å². The van der Waals surface area contributed by atoms with Crippen LogP contribution in [0.1, 0.15) is 49.4 Å². The van der Waals surface area contributed by atoms with Crippen LogP contribution >= 0.6 is 11.3 Å². The molecule has 134 valence electrons. The average molecular weight is 367 g/mol. The van der Waals surface area contributed by atoms with Gasteiger partial charge in [0.05, 0.1) is 11.4 Å². The standard InChI is InChI=1S/C20H21N3O2S/c1-12(25)22-8-7-14-9-13(5-6-15(14)22)17-11-26-19-21-18(20(2,3)4)16(10-24)23(17)19/h5-6,9-11H,7-8H2,1-4H3. The zero-order chi connectivity index (χ0) is 18.6. The molecule has 0 saturated heterocycles. The minimum absolute atomic E-state index is 0.0714. The minimum atomic E-state index is -0.195. The number of benzene rings is 1. The average Bonchev–Trinajstić information content (AvgIpc) is 3.25. The predicted octanol–water partition coefficient (Wildman–Crippen LogP) is 4.08. The maximum absolute atomic E-state index is 11.8. The number of hydrogen-bond acceptors (Lipinski definition) is 4. The Hall–Kier alpha value is -2.47. The molecule has 1 amide bonds. The summed E-state index contributed by atoms with van der Waals surface area (Å²) in [6.45, 7) is 8.53. The van der Waals surface area contributed by atoms with E-state index in [2.05, 4.69) is 26.8 Å². The molecule has 1 aromatic carbocycles. The van der Waals surface area contributed by atoms with Crippen molar-refractivity contribution in [2.75, 3.05) is 11.4 Å². The Labute approximate surface area is 156 Å². The molecular weight excluding hydrogens is 346 g/mol. The first kappa shape index (κ1) is 17.0. The van der Waals surface area contributed by atoms with Crippen LogP contribution in [0.5, 0.6) is 0 Å². The van der Waals surface area contributed by atoms with Crippen LogP contribution in [0.25, 0.3) is 16.2 Å². The summed E-state index contributed by atoms with van der Waals surface area (Å²) in [5.41, 5.74) is 5.42. The number of carbonyl (C=O) groups excluding carboxylic acids is 2. The molecule has 1 aliphatic heterocycles. The van der Waals surface area contributed by atoms with E-state index in [0.717, 1.165) is 46.9 Å². The summed E-state index contributed by atoms with van der Waals surface area (Å²) in [7, 11) is 0. The van der Waals surface area contributed by atoms with Gasteiger partial charge in [-0.2, -0.15) is 0 Å². The Morgan fingerprint density at radius 2 is 2.08 bits per heavy atom. The first-order valence-corrected chi connectivity index (χ1v) is 9.56. The lowest BCUT2D eigenvalue weighted by molar-refractivity contribution is -0.116. The second kappa shape index (κ2) is 5.77. The summed E-state index contributed by atoms with van der Waals surface area (Å²) in [6.07, 6.45) is 1.76. The monoisotopic (exact) mass is 367 g/mol. The van der Waals surface area contributed by atoms with Crippen molar-refractivity contribution >= 4 is 34.2 Å². The van der Waals surface area contributed by atoms with Gasteiger partial charge in [0.15, 0.2) is 11.2 Å². The summed E-state index contributed by atoms with van der Waals surface area (Å²) < 4.78 is 1.96. The molecule has 3 aromatic rings. The van der Waals surface area contributed by atoms with Gasteiger partial charge < -0.3 is 4.90 Å². The molecule has 2 aromatic heterocycles. The van der Waals surface area contributed by atoms with E-state index in [4.69, 9.17) is 4.98 Å². The Morgan fingerprint density at radius 3 is 2.73 bits per heavy atom. The molecule has 0 fully saturated rings. The van der Waals surface area contributed by atoms with Crippen molar-refractivity contribution in [2.24, 2.45) is 0 Å². The molecule has 5 nitrogen and oxygen atoms in total. The van der Waals surface area contributed by atoms with Gasteiger partial charge in [0.1, 0.15) is 5.69 Å². The summed E-state index contributed by atoms with van der Waals surface area (Å²) in [5.74, 6) is 0.0714. The maximum Gasteiger partial charge on any atom is 0.223 e. The van der Waals surface area contributed by atoms with E-state index < -0.39 is 0 Å². The van der Waals surface area contributed by atoms with Crippen LogP contribution in [-0.2, 0) is 16.6 Å². The van der Waals surface area contributed by atoms with Gasteiger partial charge in [-0.1, -0.05) is 26.8 Å². The quantitative estimate of drug-likeness (QED) is 0.641. The van der Waals surface area contributed by atoms with Crippen molar-refractivity contribution in [3.63, 3.8) is 0 Å². The van der Waals surface area contributed by atoms with E-state index >= 15 is 0 Å². The lowest BCUT2D eigenvalue weighted by atomic mass is 9.91. The molecule has 3 heterocycles. The number of amides is 1. The number of aldehydes is 1. The number of thiazole rings is 1. The van der Waals surface area contributed by atoms with Gasteiger partial charge in [0, 0.05) is 30.0 Å². The molecular formula is C20H21N3O2S. The number of fused-ring (bicyclic) bond motifs is 2. The van der Waals surface area contributed by atoms with Gasteiger partial charge in [-0.15, -0.1) is 11.3 Å². The Balaban J connectivity index is 1.87. The number of anilines is 1. The molecule has 0 aliphatic carbocycles. The van der Waals surface area contributed by atoms with Crippen LogP contribution < -0.4 is 4.90 Å². The van der Waals surface area contributed by atoms with Gasteiger partial charge in [-0.05, 0) is 29.7 Å². The fraction of sp³-hybridized carbons (Fsp3) is 0.350. The lowest BCUT2D eigenvalue weighted by Crippen LogP contribution is -2.25. The van der Waals surface area contributed by atoms with Gasteiger partial charge in [-0.3, -0.25) is 14.0 Å². The van der Waals surface area contributed by atoms with Crippen LogP contribution in [0, 0.1) is 0 Å². The first-order valence-electron chi connectivity index (χ1n) is 8.68. The minimum Gasteiger partial charge on any atom is -0.312 e. The van der Waals surface area contributed by atoms with Crippen LogP contribution in [0.15, 0.2) is 23.6 Å². The van der Waals surface area contributed by atoms with E-state index in [9.17, 15) is 9.59 Å². The van der Waals surface area contributed by atoms with Crippen molar-refractivity contribution in [1.29, 1.82) is 0 Å². The molecule has 0 saturated carbocycles. The zero-order valence-electron chi connectivity index (χ0n) is 15.4. The third kappa shape index (κ3) is 2.48. The van der Waals surface area contributed by atoms with Crippen molar-refractivity contribution in [3.8, 4) is 11.3 Å². The third-order valence-electron chi connectivity index (χ3n) is 4.87. The van der Waals surface area contributed by atoms with Crippen LogP contribution in [0.4, 0.5) is 5.69 Å². The number of carbonyl (C=O) groups is 2. The second-order valence-electron chi connectivity index (χ2n) is 7.72. The van der Waals surface area contributed by atoms with Crippen LogP contribution in [-0.4, -0.2) is 28.1 Å². The highest BCUT2D eigenvalue weighted by molar-refractivity contribution is 7.15. The second-order valence-corrected chi connectivity index (χ2v) is 8.55. The van der Waals surface area contributed by atoms with E-state index in [1.54, 1.807) is 18.3 Å². The van der Waals surface area contributed by atoms with Gasteiger partial charge in [0.2, 0.25) is 5.91 Å². The smallest absolute Gasteiger partial charge is 0.223 e. The summed E-state index contributed by atoms with van der Waals surface area (Å²) in [6, 6.07) is 6.16. The van der Waals surface area contributed by atoms with Crippen molar-refractivity contribution < 1.29 is 9.59 Å². The normalized spacial score (nSPS) is 14.1. The fourth-order valence-electron chi connectivity index (χ4n) is 3.63.